The molecule has 0 saturated carbocycles. The summed E-state index contributed by atoms with van der Waals surface area (Å²) in [6.45, 7) is 4.72. The Labute approximate surface area is 136 Å². The average Bonchev–Trinajstić information content (AvgIpc) is 2.55. The van der Waals surface area contributed by atoms with Gasteiger partial charge in [-0.2, -0.15) is 0 Å². The highest BCUT2D eigenvalue weighted by atomic mass is 16.4. The van der Waals surface area contributed by atoms with Crippen molar-refractivity contribution >= 4 is 5.97 Å². The van der Waals surface area contributed by atoms with Crippen LogP contribution in [0.2, 0.25) is 0 Å². The number of carbonyl (C=O) groups is 1. The van der Waals surface area contributed by atoms with Crippen molar-refractivity contribution in [3.8, 4) is 0 Å². The van der Waals surface area contributed by atoms with Gasteiger partial charge >= 0.3 is 5.97 Å². The highest BCUT2D eigenvalue weighted by Gasteiger charge is 2.22. The fraction of sp³-hybridized carbons (Fsp3) is 0.389. The Bertz CT molecular complexity index is 702. The van der Waals surface area contributed by atoms with E-state index in [4.69, 9.17) is 5.11 Å². The molecule has 1 unspecified atom stereocenters. The van der Waals surface area contributed by atoms with Gasteiger partial charge in [-0.05, 0) is 44.0 Å². The van der Waals surface area contributed by atoms with Crippen LogP contribution in [0, 0.1) is 6.92 Å². The smallest absolute Gasteiger partial charge is 0.335 e. The lowest BCUT2D eigenvalue weighted by molar-refractivity contribution is 0.0696. The molecular weight excluding hydrogens is 290 g/mol. The first-order chi connectivity index (χ1) is 11.1. The van der Waals surface area contributed by atoms with Crippen LogP contribution in [0.3, 0.4) is 0 Å². The molecule has 120 valence electrons. The maximum atomic E-state index is 11.1. The molecule has 1 saturated heterocycles. The van der Waals surface area contributed by atoms with E-state index >= 15 is 0 Å². The van der Waals surface area contributed by atoms with Crippen LogP contribution >= 0.6 is 0 Å². The number of aryl methyl sites for hydroxylation is 1. The first-order valence-corrected chi connectivity index (χ1v) is 7.95. The number of hydrogen-bond acceptors (Lipinski definition) is 4. The van der Waals surface area contributed by atoms with E-state index in [1.165, 1.54) is 0 Å². The van der Waals surface area contributed by atoms with Crippen LogP contribution in [0.5, 0.6) is 0 Å². The minimum atomic E-state index is -0.876. The van der Waals surface area contributed by atoms with Crippen molar-refractivity contribution in [2.75, 3.05) is 13.1 Å². The van der Waals surface area contributed by atoms with Crippen LogP contribution in [-0.2, 0) is 6.54 Å². The first kappa shape index (κ1) is 15.6. The molecule has 1 N–H and O–H groups in total. The molecule has 2 aromatic rings. The van der Waals surface area contributed by atoms with Crippen molar-refractivity contribution in [1.82, 2.24) is 14.9 Å². The van der Waals surface area contributed by atoms with Crippen LogP contribution in [0.1, 0.15) is 46.1 Å². The van der Waals surface area contributed by atoms with Gasteiger partial charge in [0.05, 0.1) is 17.0 Å². The Kier molecular flexibility index (Phi) is 4.67. The summed E-state index contributed by atoms with van der Waals surface area (Å²) in [6.07, 6.45) is 5.90. The van der Waals surface area contributed by atoms with Crippen molar-refractivity contribution < 1.29 is 9.90 Å². The van der Waals surface area contributed by atoms with Crippen LogP contribution in [-0.4, -0.2) is 39.0 Å². The maximum Gasteiger partial charge on any atom is 0.335 e. The fourth-order valence-corrected chi connectivity index (χ4v) is 3.18. The second kappa shape index (κ2) is 6.87. The predicted octanol–water partition coefficient (Wildman–Crippen LogP) is 2.86. The van der Waals surface area contributed by atoms with Crippen LogP contribution in [0.15, 0.2) is 36.7 Å². The number of carboxylic acid groups (broad SMARTS) is 1. The third kappa shape index (κ3) is 3.93. The van der Waals surface area contributed by atoms with Crippen molar-refractivity contribution in [3.05, 3.63) is 59.2 Å². The molecule has 0 radical (unpaired) electrons. The summed E-state index contributed by atoms with van der Waals surface area (Å²) in [7, 11) is 0. The Morgan fingerprint density at radius 3 is 3.04 bits per heavy atom. The number of carboxylic acids is 1. The summed E-state index contributed by atoms with van der Waals surface area (Å²) in [5.41, 5.74) is 3.41. The first-order valence-electron chi connectivity index (χ1n) is 7.95. The summed E-state index contributed by atoms with van der Waals surface area (Å²) >= 11 is 0. The molecule has 0 aliphatic carbocycles. The summed E-state index contributed by atoms with van der Waals surface area (Å²) < 4.78 is 0. The Balaban J connectivity index is 1.69. The molecule has 0 amide bonds. The van der Waals surface area contributed by atoms with Gasteiger partial charge in [0.2, 0.25) is 0 Å². The zero-order chi connectivity index (χ0) is 16.2. The van der Waals surface area contributed by atoms with E-state index in [1.54, 1.807) is 18.3 Å². The lowest BCUT2D eigenvalue weighted by Gasteiger charge is -2.32. The molecule has 3 rings (SSSR count). The second-order valence-corrected chi connectivity index (χ2v) is 6.17. The quantitative estimate of drug-likeness (QED) is 0.940. The highest BCUT2D eigenvalue weighted by molar-refractivity contribution is 5.87. The number of aromatic carboxylic acids is 1. The van der Waals surface area contributed by atoms with Gasteiger partial charge in [-0.25, -0.2) is 4.79 Å². The molecule has 1 aromatic heterocycles. The number of nitrogens with zero attached hydrogens (tertiary/aromatic N) is 3. The van der Waals surface area contributed by atoms with E-state index in [0.717, 1.165) is 49.4 Å². The average molecular weight is 311 g/mol. The standard InChI is InChI=1S/C18H21N3O2/c1-13-9-19-10-17(20-13)16-6-3-7-21(12-16)11-14-4-2-5-15(8-14)18(22)23/h2,4-5,8-10,16H,3,6-7,11-12H2,1H3,(H,22,23). The number of hydrogen-bond donors (Lipinski definition) is 1. The normalized spacial score (nSPS) is 18.7. The number of benzene rings is 1. The number of aromatic nitrogens is 2. The molecule has 1 aliphatic rings. The van der Waals surface area contributed by atoms with Crippen molar-refractivity contribution in [2.45, 2.75) is 32.2 Å². The van der Waals surface area contributed by atoms with Crippen molar-refractivity contribution in [2.24, 2.45) is 0 Å². The minimum absolute atomic E-state index is 0.348. The summed E-state index contributed by atoms with van der Waals surface area (Å²) in [5.74, 6) is -0.475. The van der Waals surface area contributed by atoms with Gasteiger partial charge in [-0.3, -0.25) is 14.9 Å². The summed E-state index contributed by atoms with van der Waals surface area (Å²) in [5, 5.41) is 9.10. The zero-order valence-electron chi connectivity index (χ0n) is 13.3. The predicted molar refractivity (Wildman–Crippen MR) is 87.4 cm³/mol. The Morgan fingerprint density at radius 1 is 1.39 bits per heavy atom. The Hall–Kier alpha value is -2.27. The topological polar surface area (TPSA) is 66.3 Å². The largest absolute Gasteiger partial charge is 0.478 e. The molecular formula is C18H21N3O2. The second-order valence-electron chi connectivity index (χ2n) is 6.17. The van der Waals surface area contributed by atoms with E-state index in [1.807, 2.05) is 25.3 Å². The lowest BCUT2D eigenvalue weighted by atomic mass is 9.94. The SMILES string of the molecule is Cc1cncc(C2CCCN(Cc3cccc(C(=O)O)c3)C2)n1. The zero-order valence-corrected chi connectivity index (χ0v) is 13.3. The van der Waals surface area contributed by atoms with Gasteiger partial charge in [0.25, 0.3) is 0 Å². The maximum absolute atomic E-state index is 11.1. The molecule has 5 nitrogen and oxygen atoms in total. The van der Waals surface area contributed by atoms with Gasteiger partial charge in [0, 0.05) is 31.4 Å². The minimum Gasteiger partial charge on any atom is -0.478 e. The van der Waals surface area contributed by atoms with E-state index in [0.29, 0.717) is 11.5 Å². The Morgan fingerprint density at radius 2 is 2.26 bits per heavy atom. The molecule has 2 heterocycles. The van der Waals surface area contributed by atoms with E-state index < -0.39 is 5.97 Å². The van der Waals surface area contributed by atoms with Crippen molar-refractivity contribution in [1.29, 1.82) is 0 Å². The monoisotopic (exact) mass is 311 g/mol. The highest BCUT2D eigenvalue weighted by Crippen LogP contribution is 2.26. The molecule has 0 bridgehead atoms. The van der Waals surface area contributed by atoms with Crippen LogP contribution in [0.4, 0.5) is 0 Å². The molecule has 1 atom stereocenters. The number of likely N-dealkylation sites (tertiary alicyclic amines) is 1. The number of piperidine rings is 1. The van der Waals surface area contributed by atoms with E-state index in [2.05, 4.69) is 14.9 Å². The van der Waals surface area contributed by atoms with E-state index in [9.17, 15) is 4.79 Å². The van der Waals surface area contributed by atoms with Crippen molar-refractivity contribution in [3.63, 3.8) is 0 Å². The lowest BCUT2D eigenvalue weighted by Crippen LogP contribution is -2.34. The van der Waals surface area contributed by atoms with Crippen LogP contribution in [0.25, 0.3) is 0 Å². The molecule has 0 spiro atoms. The van der Waals surface area contributed by atoms with Crippen LogP contribution < -0.4 is 0 Å². The molecule has 1 aromatic carbocycles. The summed E-state index contributed by atoms with van der Waals surface area (Å²) in [4.78, 5) is 22.3. The van der Waals surface area contributed by atoms with Gasteiger partial charge in [0.1, 0.15) is 0 Å². The van der Waals surface area contributed by atoms with Gasteiger partial charge < -0.3 is 5.11 Å². The van der Waals surface area contributed by atoms with E-state index in [-0.39, 0.29) is 0 Å². The number of rotatable bonds is 4. The summed E-state index contributed by atoms with van der Waals surface area (Å²) in [6, 6.07) is 7.19. The van der Waals surface area contributed by atoms with Gasteiger partial charge in [0.15, 0.2) is 0 Å². The molecule has 1 fully saturated rings. The van der Waals surface area contributed by atoms with Gasteiger partial charge in [-0.15, -0.1) is 0 Å². The molecule has 5 heteroatoms. The molecule has 1 aliphatic heterocycles. The third-order valence-electron chi connectivity index (χ3n) is 4.28. The molecule has 23 heavy (non-hydrogen) atoms. The third-order valence-corrected chi connectivity index (χ3v) is 4.28. The fourth-order valence-electron chi connectivity index (χ4n) is 3.18. The van der Waals surface area contributed by atoms with Gasteiger partial charge in [-0.1, -0.05) is 12.1 Å².